The van der Waals surface area contributed by atoms with Gasteiger partial charge in [-0.3, -0.25) is 19.3 Å². The van der Waals surface area contributed by atoms with Crippen LogP contribution >= 0.6 is 39.9 Å². The summed E-state index contributed by atoms with van der Waals surface area (Å²) in [5, 5.41) is 21.2. The van der Waals surface area contributed by atoms with Crippen LogP contribution in [0, 0.1) is 0 Å². The van der Waals surface area contributed by atoms with Gasteiger partial charge in [0.1, 0.15) is 9.57 Å². The number of carbonyl (C=O) groups is 3. The van der Waals surface area contributed by atoms with Crippen molar-refractivity contribution in [2.45, 2.75) is 17.3 Å². The van der Waals surface area contributed by atoms with E-state index in [1.165, 1.54) is 0 Å². The fraction of sp³-hybridized carbons (Fsp3) is 0.286. The standard InChI is InChI=1S/C14H11BrN2O5S2/c15-6-1-2-8-7(5-6)14(22,12(21)16-8)10-11(20)17(13(23)24-10)4-3-9(18)19/h1-2,5,10,22H,3-4H2,(H,16,21)(H,18,19). The number of hydrogen-bond acceptors (Lipinski definition) is 6. The van der Waals surface area contributed by atoms with Gasteiger partial charge < -0.3 is 15.5 Å². The molecule has 1 aromatic carbocycles. The maximum atomic E-state index is 12.6. The number of halogens is 1. The minimum absolute atomic E-state index is 0.0977. The minimum atomic E-state index is -2.07. The van der Waals surface area contributed by atoms with Crippen molar-refractivity contribution in [1.29, 1.82) is 0 Å². The van der Waals surface area contributed by atoms with Crippen LogP contribution in [0.25, 0.3) is 0 Å². The topological polar surface area (TPSA) is 107 Å². The molecule has 10 heteroatoms. The first-order valence-electron chi connectivity index (χ1n) is 6.82. The second-order valence-corrected chi connectivity index (χ2v) is 7.96. The van der Waals surface area contributed by atoms with E-state index in [-0.39, 0.29) is 22.8 Å². The summed E-state index contributed by atoms with van der Waals surface area (Å²) < 4.78 is 0.799. The molecule has 0 aromatic heterocycles. The van der Waals surface area contributed by atoms with E-state index in [9.17, 15) is 19.5 Å². The third-order valence-corrected chi connectivity index (χ3v) is 6.05. The van der Waals surface area contributed by atoms with Crippen LogP contribution < -0.4 is 5.32 Å². The monoisotopic (exact) mass is 430 g/mol. The maximum Gasteiger partial charge on any atom is 0.305 e. The number of benzene rings is 1. The zero-order valence-electron chi connectivity index (χ0n) is 12.0. The largest absolute Gasteiger partial charge is 0.481 e. The smallest absolute Gasteiger partial charge is 0.305 e. The molecule has 0 saturated carbocycles. The number of carboxylic acid groups (broad SMARTS) is 1. The van der Waals surface area contributed by atoms with E-state index < -0.39 is 28.6 Å². The molecule has 0 aliphatic carbocycles. The summed E-state index contributed by atoms with van der Waals surface area (Å²) in [4.78, 5) is 36.9. The van der Waals surface area contributed by atoms with E-state index in [1.807, 2.05) is 0 Å². The van der Waals surface area contributed by atoms with Gasteiger partial charge >= 0.3 is 5.97 Å². The van der Waals surface area contributed by atoms with E-state index in [4.69, 9.17) is 17.3 Å². The number of fused-ring (bicyclic) bond motifs is 1. The van der Waals surface area contributed by atoms with Crippen LogP contribution in [0.2, 0.25) is 0 Å². The van der Waals surface area contributed by atoms with Gasteiger partial charge in [0.25, 0.3) is 5.91 Å². The number of nitrogens with one attached hydrogen (secondary N) is 1. The van der Waals surface area contributed by atoms with E-state index in [0.717, 1.165) is 16.7 Å². The highest BCUT2D eigenvalue weighted by Gasteiger charge is 2.58. The van der Waals surface area contributed by atoms with Crippen molar-refractivity contribution in [3.8, 4) is 0 Å². The van der Waals surface area contributed by atoms with Crippen LogP contribution in [0.3, 0.4) is 0 Å². The molecule has 7 nitrogen and oxygen atoms in total. The molecule has 2 aliphatic heterocycles. The molecule has 2 unspecified atom stereocenters. The second kappa shape index (κ2) is 6.10. The highest BCUT2D eigenvalue weighted by Crippen LogP contribution is 2.47. The molecule has 2 aliphatic rings. The van der Waals surface area contributed by atoms with Gasteiger partial charge in [-0.1, -0.05) is 39.9 Å². The number of carboxylic acids is 1. The first kappa shape index (κ1) is 17.3. The number of thiocarbonyl (C=S) groups is 1. The Bertz CT molecular complexity index is 786. The number of rotatable bonds is 4. The SMILES string of the molecule is O=C(O)CCN1C(=O)C(C2(O)C(=O)Nc3ccc(Br)cc32)SC1=S. The average molecular weight is 431 g/mol. The first-order chi connectivity index (χ1) is 11.2. The van der Waals surface area contributed by atoms with Gasteiger partial charge in [-0.25, -0.2) is 0 Å². The Kier molecular flexibility index (Phi) is 4.41. The summed E-state index contributed by atoms with van der Waals surface area (Å²) in [6.45, 7) is -0.0977. The zero-order chi connectivity index (χ0) is 17.6. The van der Waals surface area contributed by atoms with Gasteiger partial charge in [-0.05, 0) is 18.2 Å². The Balaban J connectivity index is 1.96. The Morgan fingerprint density at radius 1 is 1.46 bits per heavy atom. The van der Waals surface area contributed by atoms with Crippen molar-refractivity contribution in [3.05, 3.63) is 28.2 Å². The maximum absolute atomic E-state index is 12.6. The molecule has 3 N–H and O–H groups in total. The van der Waals surface area contributed by atoms with Crippen LogP contribution in [-0.2, 0) is 20.0 Å². The molecule has 0 bridgehead atoms. The van der Waals surface area contributed by atoms with Gasteiger partial charge in [0.15, 0.2) is 5.60 Å². The van der Waals surface area contributed by atoms with E-state index in [0.29, 0.717) is 10.2 Å². The number of aliphatic carboxylic acids is 1. The predicted molar refractivity (Wildman–Crippen MR) is 94.6 cm³/mol. The lowest BCUT2D eigenvalue weighted by Crippen LogP contribution is -2.48. The molecule has 0 radical (unpaired) electrons. The van der Waals surface area contributed by atoms with Gasteiger partial charge in [0.05, 0.1) is 6.42 Å². The van der Waals surface area contributed by atoms with Gasteiger partial charge in [-0.15, -0.1) is 0 Å². The highest BCUT2D eigenvalue weighted by molar-refractivity contribution is 9.10. The number of thioether (sulfide) groups is 1. The molecule has 0 spiro atoms. The normalized spacial score (nSPS) is 25.8. The van der Waals surface area contributed by atoms with Gasteiger partial charge in [0, 0.05) is 22.3 Å². The number of anilines is 1. The molecule has 24 heavy (non-hydrogen) atoms. The first-order valence-corrected chi connectivity index (χ1v) is 8.91. The quantitative estimate of drug-likeness (QED) is 0.617. The molecule has 1 saturated heterocycles. The lowest BCUT2D eigenvalue weighted by atomic mass is 9.90. The number of carbonyl (C=O) groups excluding carboxylic acids is 2. The van der Waals surface area contributed by atoms with Gasteiger partial charge in [0.2, 0.25) is 5.91 Å². The molecular formula is C14H11BrN2O5S2. The van der Waals surface area contributed by atoms with Crippen LogP contribution in [0.5, 0.6) is 0 Å². The number of hydrogen-bond donors (Lipinski definition) is 3. The Morgan fingerprint density at radius 3 is 2.83 bits per heavy atom. The van der Waals surface area contributed by atoms with Crippen molar-refractivity contribution in [2.24, 2.45) is 0 Å². The highest BCUT2D eigenvalue weighted by atomic mass is 79.9. The molecule has 126 valence electrons. The van der Waals surface area contributed by atoms with Crippen molar-refractivity contribution < 1.29 is 24.6 Å². The zero-order valence-corrected chi connectivity index (χ0v) is 15.2. The molecular weight excluding hydrogens is 420 g/mol. The molecule has 1 aromatic rings. The van der Waals surface area contributed by atoms with E-state index >= 15 is 0 Å². The second-order valence-electron chi connectivity index (χ2n) is 5.31. The van der Waals surface area contributed by atoms with E-state index in [1.54, 1.807) is 18.2 Å². The van der Waals surface area contributed by atoms with Crippen LogP contribution in [0.4, 0.5) is 5.69 Å². The Morgan fingerprint density at radius 2 is 2.17 bits per heavy atom. The summed E-state index contributed by atoms with van der Waals surface area (Å²) >= 11 is 9.29. The molecule has 1 fully saturated rings. The summed E-state index contributed by atoms with van der Waals surface area (Å²) in [5.74, 6) is -2.34. The third-order valence-electron chi connectivity index (χ3n) is 3.84. The van der Waals surface area contributed by atoms with Crippen molar-refractivity contribution in [2.75, 3.05) is 11.9 Å². The number of amides is 2. The van der Waals surface area contributed by atoms with Crippen LogP contribution in [0.1, 0.15) is 12.0 Å². The summed E-state index contributed by atoms with van der Waals surface area (Å²) in [5.41, 5.74) is -1.35. The molecule has 3 rings (SSSR count). The van der Waals surface area contributed by atoms with Crippen LogP contribution in [-0.4, -0.2) is 49.0 Å². The van der Waals surface area contributed by atoms with Crippen LogP contribution in [0.15, 0.2) is 22.7 Å². The minimum Gasteiger partial charge on any atom is -0.481 e. The predicted octanol–water partition coefficient (Wildman–Crippen LogP) is 1.29. The third kappa shape index (κ3) is 2.63. The number of nitrogens with zero attached hydrogens (tertiary/aromatic N) is 1. The molecule has 2 amide bonds. The Labute approximate surface area is 154 Å². The number of aliphatic hydroxyl groups is 1. The van der Waals surface area contributed by atoms with Crippen molar-refractivity contribution in [1.82, 2.24) is 4.90 Å². The van der Waals surface area contributed by atoms with Crippen molar-refractivity contribution >= 4 is 67.7 Å². The summed E-state index contributed by atoms with van der Waals surface area (Å²) in [6.07, 6.45) is -0.272. The average Bonchev–Trinajstić information content (AvgIpc) is 2.93. The fourth-order valence-corrected chi connectivity index (χ4v) is 4.63. The lowest BCUT2D eigenvalue weighted by Gasteiger charge is -2.25. The van der Waals surface area contributed by atoms with E-state index in [2.05, 4.69) is 21.2 Å². The van der Waals surface area contributed by atoms with Crippen molar-refractivity contribution in [3.63, 3.8) is 0 Å². The lowest BCUT2D eigenvalue weighted by molar-refractivity contribution is -0.142. The Hall–Kier alpha value is -1.49. The summed E-state index contributed by atoms with van der Waals surface area (Å²) in [6, 6.07) is 4.90. The van der Waals surface area contributed by atoms with Gasteiger partial charge in [-0.2, -0.15) is 0 Å². The molecule has 2 atom stereocenters. The molecule has 2 heterocycles. The fourth-order valence-electron chi connectivity index (χ4n) is 2.66. The summed E-state index contributed by atoms with van der Waals surface area (Å²) in [7, 11) is 0.